The second-order valence-corrected chi connectivity index (χ2v) is 10.7. The van der Waals surface area contributed by atoms with Gasteiger partial charge in [0, 0.05) is 33.4 Å². The van der Waals surface area contributed by atoms with Gasteiger partial charge in [-0.05, 0) is 81.9 Å². The second-order valence-electron chi connectivity index (χ2n) is 10.7. The van der Waals surface area contributed by atoms with Crippen molar-refractivity contribution >= 4 is 27.6 Å². The van der Waals surface area contributed by atoms with Gasteiger partial charge in [-0.3, -0.25) is 0 Å². The molecule has 0 saturated heterocycles. The molecule has 0 saturated carbocycles. The van der Waals surface area contributed by atoms with E-state index in [4.69, 9.17) is 4.42 Å². The second kappa shape index (κ2) is 9.70. The fourth-order valence-corrected chi connectivity index (χ4v) is 6.14. The third kappa shape index (κ3) is 4.13. The van der Waals surface area contributed by atoms with Crippen molar-refractivity contribution in [2.24, 2.45) is 0 Å². The highest BCUT2D eigenvalue weighted by atomic mass is 16.3. The van der Waals surface area contributed by atoms with E-state index in [9.17, 15) is 0 Å². The summed E-state index contributed by atoms with van der Waals surface area (Å²) in [5, 5.41) is 4.92. The Labute approximate surface area is 240 Å². The van der Waals surface area contributed by atoms with E-state index in [1.807, 2.05) is 12.1 Å². The summed E-state index contributed by atoms with van der Waals surface area (Å²) in [7, 11) is 0. The van der Waals surface area contributed by atoms with Crippen LogP contribution in [0.4, 0.5) is 0 Å². The Morgan fingerprint density at radius 3 is 2.07 bits per heavy atom. The van der Waals surface area contributed by atoms with E-state index in [0.717, 1.165) is 46.6 Å². The lowest BCUT2D eigenvalue weighted by atomic mass is 9.91. The normalized spacial score (nSPS) is 12.4. The topological polar surface area (TPSA) is 13.1 Å². The van der Waals surface area contributed by atoms with Crippen molar-refractivity contribution in [1.82, 2.24) is 0 Å². The van der Waals surface area contributed by atoms with E-state index in [-0.39, 0.29) is 0 Å². The summed E-state index contributed by atoms with van der Waals surface area (Å²) in [5.74, 6) is 1.89. The summed E-state index contributed by atoms with van der Waals surface area (Å²) in [4.78, 5) is 0. The molecule has 1 heteroatoms. The van der Waals surface area contributed by atoms with Crippen LogP contribution in [0.1, 0.15) is 17.5 Å². The van der Waals surface area contributed by atoms with Gasteiger partial charge in [-0.25, -0.2) is 0 Å². The molecule has 8 rings (SSSR count). The molecule has 0 bridgehead atoms. The Bertz CT molecular complexity index is 2080. The molecule has 6 aromatic carbocycles. The average molecular weight is 523 g/mol. The Morgan fingerprint density at radius 2 is 1.29 bits per heavy atom. The number of allylic oxidation sites excluding steroid dienone is 1. The van der Waals surface area contributed by atoms with E-state index in [1.165, 1.54) is 43.8 Å². The summed E-state index contributed by atoms with van der Waals surface area (Å²) in [5.41, 5.74) is 9.28. The maximum Gasteiger partial charge on any atom is 0.142 e. The minimum absolute atomic E-state index is 0.936. The monoisotopic (exact) mass is 522 g/mol. The summed E-state index contributed by atoms with van der Waals surface area (Å²) in [6.45, 7) is 0. The van der Waals surface area contributed by atoms with Crippen LogP contribution in [-0.4, -0.2) is 0 Å². The van der Waals surface area contributed by atoms with E-state index in [1.54, 1.807) is 0 Å². The molecule has 1 aliphatic carbocycles. The Balaban J connectivity index is 1.25. The predicted octanol–water partition coefficient (Wildman–Crippen LogP) is 10.8. The number of fused-ring (bicyclic) bond motifs is 3. The standard InChI is InChI=1S/C40H26O/c1-3-11-27(12-4-1)29-19-20-30-25-34-26-32(22-21-31(34)24-33(30)23-29)39-37-17-9-10-18-38(37)40(41-39)36-16-8-7-15-35(36)28-13-5-2-6-14-28/h1-5,7-9,11-13,15-17,19-26H,10,18H2. The van der Waals surface area contributed by atoms with Crippen molar-refractivity contribution in [1.29, 1.82) is 0 Å². The zero-order chi connectivity index (χ0) is 27.2. The molecular formula is C40H26O. The quantitative estimate of drug-likeness (QED) is 0.210. The molecule has 1 heterocycles. The molecule has 1 aromatic heterocycles. The molecule has 0 N–H and O–H groups in total. The van der Waals surface area contributed by atoms with Crippen molar-refractivity contribution in [2.75, 3.05) is 0 Å². The number of hydrogen-bond acceptors (Lipinski definition) is 1. The van der Waals surface area contributed by atoms with Gasteiger partial charge in [0.25, 0.3) is 0 Å². The maximum atomic E-state index is 6.83. The first-order chi connectivity index (χ1) is 20.3. The van der Waals surface area contributed by atoms with Crippen LogP contribution < -0.4 is 0 Å². The minimum Gasteiger partial charge on any atom is -0.455 e. The van der Waals surface area contributed by atoms with Gasteiger partial charge in [-0.15, -0.1) is 0 Å². The molecule has 0 fully saturated rings. The van der Waals surface area contributed by atoms with Crippen molar-refractivity contribution in [2.45, 2.75) is 12.8 Å². The summed E-state index contributed by atoms with van der Waals surface area (Å²) in [6.07, 6.45) is 6.48. The molecule has 41 heavy (non-hydrogen) atoms. The van der Waals surface area contributed by atoms with Crippen molar-refractivity contribution in [3.8, 4) is 44.9 Å². The van der Waals surface area contributed by atoms with Gasteiger partial charge in [-0.1, -0.05) is 109 Å². The zero-order valence-corrected chi connectivity index (χ0v) is 22.5. The van der Waals surface area contributed by atoms with Crippen molar-refractivity contribution in [3.05, 3.63) is 151 Å². The molecule has 0 amide bonds. The molecule has 192 valence electrons. The van der Waals surface area contributed by atoms with E-state index in [0.29, 0.717) is 0 Å². The van der Waals surface area contributed by atoms with Crippen LogP contribution >= 0.6 is 0 Å². The van der Waals surface area contributed by atoms with E-state index < -0.39 is 0 Å². The van der Waals surface area contributed by atoms with Gasteiger partial charge in [-0.2, -0.15) is 0 Å². The Hall–Kier alpha value is -5.32. The lowest BCUT2D eigenvalue weighted by Gasteiger charge is -2.10. The number of rotatable bonds is 4. The van der Waals surface area contributed by atoms with E-state index >= 15 is 0 Å². The summed E-state index contributed by atoms with van der Waals surface area (Å²) < 4.78 is 6.83. The van der Waals surface area contributed by atoms with Crippen LogP contribution in [0.3, 0.4) is 0 Å². The third-order valence-electron chi connectivity index (χ3n) is 8.17. The van der Waals surface area contributed by atoms with Crippen molar-refractivity contribution in [3.63, 3.8) is 0 Å². The highest BCUT2D eigenvalue weighted by Gasteiger charge is 2.24. The minimum atomic E-state index is 0.936. The molecule has 0 atom stereocenters. The van der Waals surface area contributed by atoms with Crippen LogP contribution in [-0.2, 0) is 6.42 Å². The van der Waals surface area contributed by atoms with Gasteiger partial charge in [0.1, 0.15) is 11.5 Å². The molecule has 1 aliphatic rings. The first-order valence-electron chi connectivity index (χ1n) is 14.2. The zero-order valence-electron chi connectivity index (χ0n) is 22.5. The first-order valence-corrected chi connectivity index (χ1v) is 14.2. The average Bonchev–Trinajstić information content (AvgIpc) is 3.44. The molecule has 0 radical (unpaired) electrons. The molecular weight excluding hydrogens is 496 g/mol. The molecule has 7 aromatic rings. The fourth-order valence-electron chi connectivity index (χ4n) is 6.14. The lowest BCUT2D eigenvalue weighted by Crippen LogP contribution is -1.94. The maximum absolute atomic E-state index is 6.83. The van der Waals surface area contributed by atoms with Crippen LogP contribution in [0.15, 0.2) is 132 Å². The fraction of sp³-hybridized carbons (Fsp3) is 0.0500. The smallest absolute Gasteiger partial charge is 0.142 e. The van der Waals surface area contributed by atoms with Crippen LogP contribution in [0.2, 0.25) is 0 Å². The molecule has 1 nitrogen and oxygen atoms in total. The van der Waals surface area contributed by atoms with Crippen LogP contribution in [0, 0.1) is 12.1 Å². The third-order valence-corrected chi connectivity index (χ3v) is 8.17. The highest BCUT2D eigenvalue weighted by molar-refractivity contribution is 6.01. The Kier molecular flexibility index (Phi) is 5.57. The SMILES string of the molecule is c1cccc(-c2ccccc2-c2oc(-c3ccc4cc5cc(-c6ccccc6)ccc5cc4c3)c3c2CCC=C3)c#1. The van der Waals surface area contributed by atoms with Gasteiger partial charge < -0.3 is 4.42 Å². The molecule has 0 unspecified atom stereocenters. The number of benzene rings is 5. The molecule has 0 aliphatic heterocycles. The first kappa shape index (κ1) is 23.6. The van der Waals surface area contributed by atoms with Crippen LogP contribution in [0.25, 0.3) is 72.5 Å². The summed E-state index contributed by atoms with van der Waals surface area (Å²) >= 11 is 0. The largest absolute Gasteiger partial charge is 0.455 e. The van der Waals surface area contributed by atoms with Gasteiger partial charge in [0.2, 0.25) is 0 Å². The lowest BCUT2D eigenvalue weighted by molar-refractivity contribution is 0.594. The van der Waals surface area contributed by atoms with Gasteiger partial charge >= 0.3 is 0 Å². The van der Waals surface area contributed by atoms with Crippen LogP contribution in [0.5, 0.6) is 0 Å². The van der Waals surface area contributed by atoms with Gasteiger partial charge in [0.15, 0.2) is 0 Å². The van der Waals surface area contributed by atoms with Crippen molar-refractivity contribution < 1.29 is 4.42 Å². The number of hydrogen-bond donors (Lipinski definition) is 0. The molecule has 0 spiro atoms. The Morgan fingerprint density at radius 1 is 0.561 bits per heavy atom. The van der Waals surface area contributed by atoms with Gasteiger partial charge in [0.05, 0.1) is 0 Å². The van der Waals surface area contributed by atoms with E-state index in [2.05, 4.69) is 133 Å². The number of furan rings is 1. The highest BCUT2D eigenvalue weighted by Crippen LogP contribution is 2.44. The predicted molar refractivity (Wildman–Crippen MR) is 170 cm³/mol. The summed E-state index contributed by atoms with van der Waals surface area (Å²) in [6, 6.07) is 49.4.